The number of rotatable bonds is 5. The molecule has 2 aliphatic rings. The van der Waals surface area contributed by atoms with E-state index in [0.717, 1.165) is 25.5 Å². The van der Waals surface area contributed by atoms with Gasteiger partial charge in [0.25, 0.3) is 11.5 Å². The van der Waals surface area contributed by atoms with Crippen LogP contribution in [0.3, 0.4) is 0 Å². The van der Waals surface area contributed by atoms with Crippen LogP contribution in [-0.2, 0) is 31.9 Å². The van der Waals surface area contributed by atoms with Crippen molar-refractivity contribution in [2.24, 2.45) is 0 Å². The summed E-state index contributed by atoms with van der Waals surface area (Å²) in [5.41, 5.74) is 2.18. The van der Waals surface area contributed by atoms with Crippen LogP contribution in [0.15, 0.2) is 48.2 Å². The highest BCUT2D eigenvalue weighted by Crippen LogP contribution is 2.33. The Morgan fingerprint density at radius 2 is 1.74 bits per heavy atom. The molecule has 31 heavy (non-hydrogen) atoms. The third kappa shape index (κ3) is 4.50. The minimum Gasteiger partial charge on any atom is -0.457 e. The molecule has 9 heteroatoms. The van der Waals surface area contributed by atoms with Gasteiger partial charge in [-0.1, -0.05) is 6.07 Å². The fourth-order valence-corrected chi connectivity index (χ4v) is 3.51. The molecule has 2 aromatic rings. The Morgan fingerprint density at radius 3 is 2.45 bits per heavy atom. The number of nitro benzene ring substituents is 1. The lowest BCUT2D eigenvalue weighted by Crippen LogP contribution is -2.42. The lowest BCUT2D eigenvalue weighted by atomic mass is 10.1. The van der Waals surface area contributed by atoms with Gasteiger partial charge >= 0.3 is 11.9 Å². The van der Waals surface area contributed by atoms with Crippen LogP contribution < -0.4 is 10.1 Å². The van der Waals surface area contributed by atoms with Crippen LogP contribution in [0, 0.1) is 10.1 Å². The first-order valence-electron chi connectivity index (χ1n) is 9.73. The number of nitrogens with one attached hydrogen (secondary N) is 1. The van der Waals surface area contributed by atoms with E-state index in [1.165, 1.54) is 43.2 Å². The molecule has 0 unspecified atom stereocenters. The first-order chi connectivity index (χ1) is 14.7. The van der Waals surface area contributed by atoms with E-state index >= 15 is 0 Å². The van der Waals surface area contributed by atoms with Gasteiger partial charge in [-0.25, -0.2) is 9.59 Å². The Hall–Kier alpha value is -3.88. The number of anilines is 1. The highest BCUT2D eigenvalue weighted by molar-refractivity contribution is 6.15. The molecule has 0 amide bonds. The normalized spacial score (nSPS) is 16.8. The Bertz CT molecular complexity index is 1100. The number of benzene rings is 2. The molecule has 0 spiro atoms. The molecule has 4 rings (SSSR count). The van der Waals surface area contributed by atoms with Gasteiger partial charge in [0.05, 0.1) is 11.0 Å². The summed E-state index contributed by atoms with van der Waals surface area (Å²) in [4.78, 5) is 34.9. The number of esters is 2. The van der Waals surface area contributed by atoms with Gasteiger partial charge < -0.3 is 19.5 Å². The second-order valence-corrected chi connectivity index (χ2v) is 7.74. The van der Waals surface area contributed by atoms with Gasteiger partial charge in [-0.2, -0.15) is 0 Å². The summed E-state index contributed by atoms with van der Waals surface area (Å²) in [6, 6.07) is 9.86. The number of hydrogen-bond donors (Lipinski definition) is 1. The van der Waals surface area contributed by atoms with Crippen LogP contribution in [-0.4, -0.2) is 22.6 Å². The predicted octanol–water partition coefficient (Wildman–Crippen LogP) is 4.01. The van der Waals surface area contributed by atoms with E-state index in [2.05, 4.69) is 5.32 Å². The Balaban J connectivity index is 1.58. The van der Waals surface area contributed by atoms with Crippen LogP contribution in [0.2, 0.25) is 0 Å². The zero-order valence-corrected chi connectivity index (χ0v) is 17.0. The molecule has 2 aromatic carbocycles. The van der Waals surface area contributed by atoms with Crippen molar-refractivity contribution in [3.63, 3.8) is 0 Å². The molecule has 0 atom stereocenters. The van der Waals surface area contributed by atoms with Crippen LogP contribution in [0.4, 0.5) is 11.4 Å². The van der Waals surface area contributed by atoms with E-state index in [9.17, 15) is 19.7 Å². The van der Waals surface area contributed by atoms with Crippen molar-refractivity contribution in [2.75, 3.05) is 5.32 Å². The molecule has 160 valence electrons. The minimum atomic E-state index is -1.35. The second kappa shape index (κ2) is 7.75. The van der Waals surface area contributed by atoms with E-state index in [0.29, 0.717) is 5.75 Å². The smallest absolute Gasteiger partial charge is 0.350 e. The summed E-state index contributed by atoms with van der Waals surface area (Å²) in [5.74, 6) is -2.24. The van der Waals surface area contributed by atoms with Crippen molar-refractivity contribution in [3.05, 3.63) is 69.4 Å². The molecular formula is C22H20N2O7. The number of carbonyl (C=O) groups excluding carboxylic acids is 2. The standard InChI is InChI=1S/C22H20N2O7/c1-22(2)30-20(25)19(21(26)31-22)12-23-15-9-16(24(27)28)11-18(10-15)29-17-7-6-13-4-3-5-14(13)8-17/h6-12,23H,3-5H2,1-2H3. The molecule has 0 aromatic heterocycles. The predicted molar refractivity (Wildman–Crippen MR) is 110 cm³/mol. The number of nitro groups is 1. The molecule has 0 radical (unpaired) electrons. The van der Waals surface area contributed by atoms with E-state index in [1.54, 1.807) is 0 Å². The maximum Gasteiger partial charge on any atom is 0.350 e. The zero-order valence-electron chi connectivity index (χ0n) is 17.0. The Kier molecular flexibility index (Phi) is 5.10. The fourth-order valence-electron chi connectivity index (χ4n) is 3.51. The van der Waals surface area contributed by atoms with Gasteiger partial charge in [0, 0.05) is 37.9 Å². The van der Waals surface area contributed by atoms with Gasteiger partial charge in [-0.05, 0) is 42.5 Å². The van der Waals surface area contributed by atoms with Crippen molar-refractivity contribution in [1.82, 2.24) is 0 Å². The molecule has 1 aliphatic carbocycles. The average Bonchev–Trinajstić information content (AvgIpc) is 3.14. The van der Waals surface area contributed by atoms with E-state index in [1.807, 2.05) is 18.2 Å². The molecule has 0 bridgehead atoms. The summed E-state index contributed by atoms with van der Waals surface area (Å²) >= 11 is 0. The van der Waals surface area contributed by atoms with Crippen LogP contribution >= 0.6 is 0 Å². The second-order valence-electron chi connectivity index (χ2n) is 7.74. The van der Waals surface area contributed by atoms with Crippen LogP contribution in [0.5, 0.6) is 11.5 Å². The summed E-state index contributed by atoms with van der Waals surface area (Å²) < 4.78 is 15.9. The number of fused-ring (bicyclic) bond motifs is 1. The van der Waals surface area contributed by atoms with Crippen molar-refractivity contribution in [3.8, 4) is 11.5 Å². The van der Waals surface area contributed by atoms with Gasteiger partial charge in [-0.15, -0.1) is 0 Å². The molecule has 1 aliphatic heterocycles. The molecule has 1 saturated heterocycles. The third-order valence-electron chi connectivity index (χ3n) is 4.91. The minimum absolute atomic E-state index is 0.213. The summed E-state index contributed by atoms with van der Waals surface area (Å²) in [6.07, 6.45) is 4.21. The lowest BCUT2D eigenvalue weighted by molar-refractivity contribution is -0.384. The highest BCUT2D eigenvalue weighted by Gasteiger charge is 2.39. The summed E-state index contributed by atoms with van der Waals surface area (Å²) in [5, 5.41) is 14.1. The Labute approximate surface area is 177 Å². The first kappa shape index (κ1) is 20.4. The van der Waals surface area contributed by atoms with Crippen LogP contribution in [0.1, 0.15) is 31.4 Å². The number of carbonyl (C=O) groups is 2. The van der Waals surface area contributed by atoms with Gasteiger partial charge in [0.15, 0.2) is 5.57 Å². The van der Waals surface area contributed by atoms with Crippen molar-refractivity contribution in [2.45, 2.75) is 38.9 Å². The van der Waals surface area contributed by atoms with Crippen LogP contribution in [0.25, 0.3) is 0 Å². The molecule has 1 N–H and O–H groups in total. The number of cyclic esters (lactones) is 2. The summed E-state index contributed by atoms with van der Waals surface area (Å²) in [7, 11) is 0. The number of non-ortho nitro benzene ring substituents is 1. The topological polar surface area (TPSA) is 117 Å². The average molecular weight is 424 g/mol. The van der Waals surface area contributed by atoms with E-state index < -0.39 is 22.6 Å². The molecule has 0 saturated carbocycles. The molecule has 1 fully saturated rings. The largest absolute Gasteiger partial charge is 0.457 e. The zero-order chi connectivity index (χ0) is 22.2. The molecular weight excluding hydrogens is 404 g/mol. The maximum atomic E-state index is 12.1. The number of hydrogen-bond acceptors (Lipinski definition) is 8. The lowest BCUT2D eigenvalue weighted by Gasteiger charge is -2.29. The number of ether oxygens (including phenoxy) is 3. The third-order valence-corrected chi connectivity index (χ3v) is 4.91. The van der Waals surface area contributed by atoms with E-state index in [-0.39, 0.29) is 22.7 Å². The quantitative estimate of drug-likeness (QED) is 0.252. The van der Waals surface area contributed by atoms with Crippen molar-refractivity contribution >= 4 is 23.3 Å². The number of nitrogens with zero attached hydrogens (tertiary/aromatic N) is 1. The van der Waals surface area contributed by atoms with Gasteiger partial charge in [0.2, 0.25) is 0 Å². The monoisotopic (exact) mass is 424 g/mol. The highest BCUT2D eigenvalue weighted by atomic mass is 16.7. The van der Waals surface area contributed by atoms with Crippen molar-refractivity contribution < 1.29 is 28.7 Å². The van der Waals surface area contributed by atoms with Gasteiger partial charge in [0.1, 0.15) is 11.5 Å². The molecule has 1 heterocycles. The first-order valence-corrected chi connectivity index (χ1v) is 9.73. The Morgan fingerprint density at radius 1 is 1.03 bits per heavy atom. The fraction of sp³-hybridized carbons (Fsp3) is 0.273. The number of aryl methyl sites for hydroxylation is 2. The maximum absolute atomic E-state index is 12.1. The summed E-state index contributed by atoms with van der Waals surface area (Å²) in [6.45, 7) is 2.88. The molecule has 9 nitrogen and oxygen atoms in total. The SMILES string of the molecule is CC1(C)OC(=O)C(=CNc2cc(Oc3ccc4c(c3)CCC4)cc([N+](=O)[O-])c2)C(=O)O1. The van der Waals surface area contributed by atoms with E-state index in [4.69, 9.17) is 14.2 Å². The van der Waals surface area contributed by atoms with Crippen molar-refractivity contribution in [1.29, 1.82) is 0 Å². The van der Waals surface area contributed by atoms with Gasteiger partial charge in [-0.3, -0.25) is 10.1 Å².